The zero-order valence-electron chi connectivity index (χ0n) is 8.08. The number of aliphatic hydroxyl groups is 1. The minimum absolute atomic E-state index is 0.284. The first kappa shape index (κ1) is 10.5. The molecular weight excluding hydrogens is 216 g/mol. The average Bonchev–Trinajstić information content (AvgIpc) is 2.65. The summed E-state index contributed by atoms with van der Waals surface area (Å²) in [6, 6.07) is 3.82. The molecule has 1 atom stereocenters. The summed E-state index contributed by atoms with van der Waals surface area (Å²) in [6.45, 7) is 0. The highest BCUT2D eigenvalue weighted by molar-refractivity contribution is 7.16. The number of thiophene rings is 1. The van der Waals surface area contributed by atoms with Crippen LogP contribution in [0.25, 0.3) is 0 Å². The van der Waals surface area contributed by atoms with Gasteiger partial charge in [-0.25, -0.2) is 0 Å². The highest BCUT2D eigenvalue weighted by Gasteiger charge is 2.23. The maximum atomic E-state index is 10.1. The van der Waals surface area contributed by atoms with E-state index in [-0.39, 0.29) is 6.10 Å². The summed E-state index contributed by atoms with van der Waals surface area (Å²) < 4.78 is 0.773. The van der Waals surface area contributed by atoms with Gasteiger partial charge >= 0.3 is 0 Å². The van der Waals surface area contributed by atoms with Gasteiger partial charge in [0.25, 0.3) is 0 Å². The molecule has 1 saturated carbocycles. The van der Waals surface area contributed by atoms with Gasteiger partial charge in [0.1, 0.15) is 0 Å². The topological polar surface area (TPSA) is 20.2 Å². The van der Waals surface area contributed by atoms with E-state index < -0.39 is 0 Å². The van der Waals surface area contributed by atoms with E-state index in [4.69, 9.17) is 11.6 Å². The molecule has 0 amide bonds. The third kappa shape index (κ3) is 2.30. The molecule has 78 valence electrons. The van der Waals surface area contributed by atoms with Crippen molar-refractivity contribution in [3.05, 3.63) is 21.3 Å². The van der Waals surface area contributed by atoms with Gasteiger partial charge in [-0.15, -0.1) is 11.3 Å². The summed E-state index contributed by atoms with van der Waals surface area (Å²) in [6.07, 6.45) is 5.90. The number of rotatable bonds is 2. The maximum Gasteiger partial charge on any atom is 0.0932 e. The van der Waals surface area contributed by atoms with E-state index in [0.717, 1.165) is 22.1 Å². The minimum atomic E-state index is -0.284. The molecule has 1 aromatic heterocycles. The van der Waals surface area contributed by atoms with Crippen molar-refractivity contribution >= 4 is 22.9 Å². The average molecular weight is 231 g/mol. The van der Waals surface area contributed by atoms with Crippen molar-refractivity contribution in [3.8, 4) is 0 Å². The van der Waals surface area contributed by atoms with Crippen LogP contribution in [-0.2, 0) is 0 Å². The molecule has 1 fully saturated rings. The monoisotopic (exact) mass is 230 g/mol. The lowest BCUT2D eigenvalue weighted by atomic mass is 9.85. The minimum Gasteiger partial charge on any atom is -0.387 e. The summed E-state index contributed by atoms with van der Waals surface area (Å²) in [7, 11) is 0. The van der Waals surface area contributed by atoms with Crippen molar-refractivity contribution in [2.75, 3.05) is 0 Å². The van der Waals surface area contributed by atoms with Crippen molar-refractivity contribution in [2.24, 2.45) is 5.92 Å². The molecule has 1 aliphatic rings. The molecule has 14 heavy (non-hydrogen) atoms. The van der Waals surface area contributed by atoms with Crippen LogP contribution in [-0.4, -0.2) is 5.11 Å². The second kappa shape index (κ2) is 4.65. The van der Waals surface area contributed by atoms with E-state index in [0.29, 0.717) is 5.92 Å². The number of hydrogen-bond donors (Lipinski definition) is 1. The summed E-state index contributed by atoms with van der Waals surface area (Å²) in [4.78, 5) is 1.03. The molecule has 1 nitrogen and oxygen atoms in total. The Morgan fingerprint density at radius 3 is 2.57 bits per heavy atom. The Labute approximate surface area is 93.7 Å². The van der Waals surface area contributed by atoms with Gasteiger partial charge in [-0.3, -0.25) is 0 Å². The first-order valence-corrected chi connectivity index (χ1v) is 6.40. The van der Waals surface area contributed by atoms with E-state index in [1.165, 1.54) is 30.6 Å². The van der Waals surface area contributed by atoms with Crippen molar-refractivity contribution in [2.45, 2.75) is 38.2 Å². The summed E-state index contributed by atoms with van der Waals surface area (Å²) in [5.74, 6) is 0.457. The van der Waals surface area contributed by atoms with Crippen LogP contribution in [0.15, 0.2) is 12.1 Å². The fraction of sp³-hybridized carbons (Fsp3) is 0.636. The van der Waals surface area contributed by atoms with Crippen LogP contribution in [0.5, 0.6) is 0 Å². The van der Waals surface area contributed by atoms with Crippen molar-refractivity contribution in [3.63, 3.8) is 0 Å². The van der Waals surface area contributed by atoms with E-state index in [1.54, 1.807) is 0 Å². The Hall–Kier alpha value is -0.0500. The highest BCUT2D eigenvalue weighted by atomic mass is 35.5. The molecule has 1 N–H and O–H groups in total. The Morgan fingerprint density at radius 1 is 1.29 bits per heavy atom. The maximum absolute atomic E-state index is 10.1. The van der Waals surface area contributed by atoms with Crippen LogP contribution < -0.4 is 0 Å². The first-order chi connectivity index (χ1) is 6.77. The lowest BCUT2D eigenvalue weighted by molar-refractivity contribution is 0.0879. The lowest BCUT2D eigenvalue weighted by Crippen LogP contribution is -2.14. The molecule has 1 aromatic rings. The zero-order chi connectivity index (χ0) is 9.97. The van der Waals surface area contributed by atoms with Gasteiger partial charge in [0.15, 0.2) is 0 Å². The van der Waals surface area contributed by atoms with Gasteiger partial charge in [-0.05, 0) is 30.9 Å². The Kier molecular flexibility index (Phi) is 3.47. The molecule has 1 heterocycles. The van der Waals surface area contributed by atoms with E-state index in [9.17, 15) is 5.11 Å². The largest absolute Gasteiger partial charge is 0.387 e. The normalized spacial score (nSPS) is 21.0. The van der Waals surface area contributed by atoms with Crippen molar-refractivity contribution in [1.29, 1.82) is 0 Å². The van der Waals surface area contributed by atoms with Gasteiger partial charge in [-0.1, -0.05) is 30.9 Å². The summed E-state index contributed by atoms with van der Waals surface area (Å²) in [5, 5.41) is 10.1. The summed E-state index contributed by atoms with van der Waals surface area (Å²) in [5.41, 5.74) is 0. The fourth-order valence-corrected chi connectivity index (χ4v) is 3.31. The third-order valence-electron chi connectivity index (χ3n) is 2.98. The van der Waals surface area contributed by atoms with Crippen LogP contribution in [0.1, 0.15) is 43.1 Å². The van der Waals surface area contributed by atoms with Crippen molar-refractivity contribution < 1.29 is 5.11 Å². The van der Waals surface area contributed by atoms with Crippen LogP contribution >= 0.6 is 22.9 Å². The van der Waals surface area contributed by atoms with E-state index in [2.05, 4.69) is 0 Å². The van der Waals surface area contributed by atoms with Gasteiger partial charge in [0, 0.05) is 4.88 Å². The fourth-order valence-electron chi connectivity index (χ4n) is 2.17. The van der Waals surface area contributed by atoms with Crippen LogP contribution in [0.2, 0.25) is 4.34 Å². The second-order valence-electron chi connectivity index (χ2n) is 3.98. The molecule has 1 unspecified atom stereocenters. The molecule has 0 bridgehead atoms. The Balaban J connectivity index is 2.03. The molecule has 2 rings (SSSR count). The Morgan fingerprint density at radius 2 is 2.00 bits per heavy atom. The van der Waals surface area contributed by atoms with Gasteiger partial charge in [-0.2, -0.15) is 0 Å². The predicted molar refractivity (Wildman–Crippen MR) is 60.9 cm³/mol. The number of aliphatic hydroxyl groups excluding tert-OH is 1. The molecule has 3 heteroatoms. The number of halogens is 1. The summed E-state index contributed by atoms with van der Waals surface area (Å²) >= 11 is 7.36. The van der Waals surface area contributed by atoms with E-state index >= 15 is 0 Å². The molecular formula is C11H15ClOS. The smallest absolute Gasteiger partial charge is 0.0932 e. The van der Waals surface area contributed by atoms with Crippen molar-refractivity contribution in [1.82, 2.24) is 0 Å². The third-order valence-corrected chi connectivity index (χ3v) is 4.28. The molecule has 1 aliphatic carbocycles. The van der Waals surface area contributed by atoms with Gasteiger partial charge < -0.3 is 5.11 Å². The quantitative estimate of drug-likeness (QED) is 0.814. The van der Waals surface area contributed by atoms with Gasteiger partial charge in [0.2, 0.25) is 0 Å². The van der Waals surface area contributed by atoms with E-state index in [1.807, 2.05) is 12.1 Å². The first-order valence-electron chi connectivity index (χ1n) is 5.20. The van der Waals surface area contributed by atoms with Crippen LogP contribution in [0.4, 0.5) is 0 Å². The number of hydrogen-bond acceptors (Lipinski definition) is 2. The molecule has 0 spiro atoms. The highest BCUT2D eigenvalue weighted by Crippen LogP contribution is 2.37. The SMILES string of the molecule is OC(c1ccc(Cl)s1)C1CCCCC1. The standard InChI is InChI=1S/C11H15ClOS/c12-10-7-6-9(14-10)11(13)8-4-2-1-3-5-8/h6-8,11,13H,1-5H2. The molecule has 0 radical (unpaired) electrons. The molecule has 0 saturated heterocycles. The predicted octanol–water partition coefficient (Wildman–Crippen LogP) is 4.02. The Bertz CT molecular complexity index is 291. The molecule has 0 aliphatic heterocycles. The lowest BCUT2D eigenvalue weighted by Gasteiger charge is -2.25. The second-order valence-corrected chi connectivity index (χ2v) is 5.73. The molecule has 0 aromatic carbocycles. The van der Waals surface area contributed by atoms with Crippen LogP contribution in [0.3, 0.4) is 0 Å². The zero-order valence-corrected chi connectivity index (χ0v) is 9.65. The van der Waals surface area contributed by atoms with Gasteiger partial charge in [0.05, 0.1) is 10.4 Å². The van der Waals surface area contributed by atoms with Crippen LogP contribution in [0, 0.1) is 5.92 Å².